The molecule has 28 heavy (non-hydrogen) atoms. The molecule has 0 saturated heterocycles. The second-order valence-electron chi connectivity index (χ2n) is 5.52. The fourth-order valence-corrected chi connectivity index (χ4v) is 3.31. The molecule has 0 radical (unpaired) electrons. The fraction of sp³-hybridized carbons (Fsp3) is 0.118. The molecule has 7 nitrogen and oxygen atoms in total. The van der Waals surface area contributed by atoms with Gasteiger partial charge < -0.3 is 15.4 Å². The molecule has 2 aromatic heterocycles. The van der Waals surface area contributed by atoms with Crippen molar-refractivity contribution in [2.45, 2.75) is 6.54 Å². The van der Waals surface area contributed by atoms with E-state index in [4.69, 9.17) is 16.3 Å². The molecule has 3 aromatic rings. The molecule has 3 rings (SSSR count). The second kappa shape index (κ2) is 8.36. The van der Waals surface area contributed by atoms with Gasteiger partial charge in [-0.15, -0.1) is 11.3 Å². The van der Waals surface area contributed by atoms with Crippen LogP contribution in [0, 0.1) is 11.6 Å². The number of methoxy groups -OCH3 is 1. The van der Waals surface area contributed by atoms with E-state index in [0.29, 0.717) is 17.9 Å². The number of halogens is 3. The molecule has 0 spiro atoms. The summed E-state index contributed by atoms with van der Waals surface area (Å²) >= 11 is 7.21. The van der Waals surface area contributed by atoms with Gasteiger partial charge in [-0.1, -0.05) is 11.6 Å². The maximum atomic E-state index is 13.3. The van der Waals surface area contributed by atoms with Crippen LogP contribution >= 0.6 is 22.9 Å². The number of hydrogen-bond acceptors (Lipinski definition) is 5. The lowest BCUT2D eigenvalue weighted by atomic mass is 10.2. The number of carbonyl (C=O) groups excluding carboxylic acids is 2. The highest BCUT2D eigenvalue weighted by Gasteiger charge is 2.17. The van der Waals surface area contributed by atoms with Crippen LogP contribution in [0.2, 0.25) is 5.02 Å². The van der Waals surface area contributed by atoms with Crippen molar-refractivity contribution in [2.24, 2.45) is 0 Å². The average molecular weight is 427 g/mol. The Labute approximate surface area is 166 Å². The van der Waals surface area contributed by atoms with E-state index >= 15 is 0 Å². The molecule has 2 amide bonds. The number of rotatable bonds is 6. The van der Waals surface area contributed by atoms with Gasteiger partial charge in [-0.2, -0.15) is 5.10 Å². The number of amides is 2. The van der Waals surface area contributed by atoms with Crippen LogP contribution in [-0.2, 0) is 6.54 Å². The van der Waals surface area contributed by atoms with Gasteiger partial charge in [0.1, 0.15) is 11.4 Å². The molecule has 0 aliphatic rings. The maximum absolute atomic E-state index is 13.3. The normalized spacial score (nSPS) is 10.6. The zero-order valence-electron chi connectivity index (χ0n) is 14.3. The quantitative estimate of drug-likeness (QED) is 0.525. The second-order valence-corrected chi connectivity index (χ2v) is 6.67. The molecule has 0 aliphatic heterocycles. The number of hydrogen-bond donors (Lipinski definition) is 3. The number of nitrogens with zero attached hydrogens (tertiary/aromatic N) is 1. The summed E-state index contributed by atoms with van der Waals surface area (Å²) in [7, 11) is 1.54. The van der Waals surface area contributed by atoms with E-state index in [1.807, 2.05) is 10.8 Å². The van der Waals surface area contributed by atoms with Crippen molar-refractivity contribution < 1.29 is 23.1 Å². The number of carbonyl (C=O) groups is 2. The lowest BCUT2D eigenvalue weighted by molar-refractivity contribution is 0.0944. The van der Waals surface area contributed by atoms with Gasteiger partial charge >= 0.3 is 0 Å². The molecule has 0 bridgehead atoms. The molecular formula is C17H13ClF2N4O3S. The number of anilines is 1. The topological polar surface area (TPSA) is 96.1 Å². The predicted molar refractivity (Wildman–Crippen MR) is 100.0 cm³/mol. The van der Waals surface area contributed by atoms with Gasteiger partial charge in [-0.25, -0.2) is 8.78 Å². The first-order chi connectivity index (χ1) is 13.4. The van der Waals surface area contributed by atoms with Gasteiger partial charge in [-0.3, -0.25) is 14.7 Å². The van der Waals surface area contributed by atoms with Crippen LogP contribution in [0.3, 0.4) is 0 Å². The largest absolute Gasteiger partial charge is 0.496 e. The van der Waals surface area contributed by atoms with Crippen molar-refractivity contribution in [2.75, 3.05) is 12.4 Å². The smallest absolute Gasteiger partial charge is 0.269 e. The Kier molecular flexibility index (Phi) is 5.90. The number of aromatic amines is 1. The monoisotopic (exact) mass is 426 g/mol. The van der Waals surface area contributed by atoms with Crippen LogP contribution in [-0.4, -0.2) is 29.1 Å². The van der Waals surface area contributed by atoms with Crippen LogP contribution in [0.15, 0.2) is 29.0 Å². The molecule has 0 unspecified atom stereocenters. The highest BCUT2D eigenvalue weighted by atomic mass is 35.5. The molecule has 0 aliphatic carbocycles. The zero-order chi connectivity index (χ0) is 20.3. The predicted octanol–water partition coefficient (Wildman–Crippen LogP) is 3.59. The summed E-state index contributed by atoms with van der Waals surface area (Å²) in [5, 5.41) is 14.7. The molecule has 0 saturated carbocycles. The minimum Gasteiger partial charge on any atom is -0.496 e. The third-order valence-electron chi connectivity index (χ3n) is 3.68. The van der Waals surface area contributed by atoms with Crippen molar-refractivity contribution in [3.63, 3.8) is 0 Å². The molecule has 11 heteroatoms. The summed E-state index contributed by atoms with van der Waals surface area (Å²) in [5.41, 5.74) is 0.655. The molecule has 1 aromatic carbocycles. The van der Waals surface area contributed by atoms with E-state index in [1.165, 1.54) is 24.5 Å². The molecular weight excluding hydrogens is 414 g/mol. The van der Waals surface area contributed by atoms with Crippen molar-refractivity contribution in [1.82, 2.24) is 15.5 Å². The van der Waals surface area contributed by atoms with Gasteiger partial charge in [0, 0.05) is 23.6 Å². The Morgan fingerprint density at radius 3 is 2.71 bits per heavy atom. The Bertz CT molecular complexity index is 1040. The Morgan fingerprint density at radius 2 is 1.96 bits per heavy atom. The van der Waals surface area contributed by atoms with Gasteiger partial charge in [0.2, 0.25) is 0 Å². The molecule has 3 N–H and O–H groups in total. The molecule has 0 fully saturated rings. The van der Waals surface area contributed by atoms with Gasteiger partial charge in [-0.05, 0) is 17.5 Å². The first-order valence-electron chi connectivity index (χ1n) is 7.77. The van der Waals surface area contributed by atoms with Gasteiger partial charge in [0.15, 0.2) is 17.5 Å². The average Bonchev–Trinajstić information content (AvgIpc) is 3.31. The summed E-state index contributed by atoms with van der Waals surface area (Å²) < 4.78 is 31.6. The highest BCUT2D eigenvalue weighted by Crippen LogP contribution is 2.23. The number of ether oxygens (including phenoxy) is 1. The van der Waals surface area contributed by atoms with Crippen LogP contribution < -0.4 is 15.4 Å². The highest BCUT2D eigenvalue weighted by molar-refractivity contribution is 7.08. The van der Waals surface area contributed by atoms with Crippen LogP contribution in [0.4, 0.5) is 14.6 Å². The lowest BCUT2D eigenvalue weighted by Gasteiger charge is -2.05. The summed E-state index contributed by atoms with van der Waals surface area (Å²) in [4.78, 5) is 24.4. The van der Waals surface area contributed by atoms with Gasteiger partial charge in [0.25, 0.3) is 11.8 Å². The van der Waals surface area contributed by atoms with Crippen molar-refractivity contribution >= 4 is 40.6 Å². The Hall–Kier alpha value is -2.98. The number of aromatic nitrogens is 2. The molecule has 146 valence electrons. The van der Waals surface area contributed by atoms with Crippen LogP contribution in [0.25, 0.3) is 0 Å². The maximum Gasteiger partial charge on any atom is 0.269 e. The minimum atomic E-state index is -1.21. The van der Waals surface area contributed by atoms with E-state index < -0.39 is 23.4 Å². The van der Waals surface area contributed by atoms with Crippen molar-refractivity contribution in [1.29, 1.82) is 0 Å². The number of thiophene rings is 1. The first kappa shape index (κ1) is 19.8. The zero-order valence-corrected chi connectivity index (χ0v) is 15.9. The third-order valence-corrected chi connectivity index (χ3v) is 4.76. The summed E-state index contributed by atoms with van der Waals surface area (Å²) in [5.74, 6) is -2.93. The van der Waals surface area contributed by atoms with Gasteiger partial charge in [0.05, 0.1) is 17.7 Å². The number of nitrogens with one attached hydrogen (secondary N) is 3. The van der Waals surface area contributed by atoms with E-state index in [9.17, 15) is 18.4 Å². The van der Waals surface area contributed by atoms with Crippen LogP contribution in [0.1, 0.15) is 26.4 Å². The minimum absolute atomic E-state index is 0.0177. The Balaban J connectivity index is 1.64. The molecule has 2 heterocycles. The van der Waals surface area contributed by atoms with Crippen molar-refractivity contribution in [3.8, 4) is 5.75 Å². The number of H-pyrrole nitrogens is 1. The number of benzene rings is 1. The summed E-state index contributed by atoms with van der Waals surface area (Å²) in [6.45, 7) is 0.247. The van der Waals surface area contributed by atoms with Crippen molar-refractivity contribution in [3.05, 3.63) is 62.4 Å². The first-order valence-corrected chi connectivity index (χ1v) is 9.09. The van der Waals surface area contributed by atoms with Crippen LogP contribution in [0.5, 0.6) is 5.75 Å². The van der Waals surface area contributed by atoms with E-state index in [2.05, 4.69) is 20.8 Å². The SMILES string of the molecule is COc1cscc1CNC(=O)c1cc(NC(=O)c2cc(F)c(F)cc2Cl)n[nH]1. The standard InChI is InChI=1S/C17H13ClF2N4O3S/c1-27-14-7-28-6-8(14)5-21-17(26)13-4-15(24-23-13)22-16(25)9-2-11(19)12(20)3-10(9)18/h2-4,6-7H,5H2,1H3,(H,21,26)(H2,22,23,24,25). The summed E-state index contributed by atoms with van der Waals surface area (Å²) in [6.07, 6.45) is 0. The fourth-order valence-electron chi connectivity index (χ4n) is 2.27. The Morgan fingerprint density at radius 1 is 1.21 bits per heavy atom. The van der Waals surface area contributed by atoms with E-state index in [0.717, 1.165) is 5.56 Å². The van der Waals surface area contributed by atoms with E-state index in [1.54, 1.807) is 0 Å². The third kappa shape index (κ3) is 4.29. The lowest BCUT2D eigenvalue weighted by Crippen LogP contribution is -2.23. The molecule has 0 atom stereocenters. The van der Waals surface area contributed by atoms with E-state index in [-0.39, 0.29) is 28.6 Å². The summed E-state index contributed by atoms with van der Waals surface area (Å²) in [6, 6.07) is 2.68.